The first kappa shape index (κ1) is 14.8. The Morgan fingerprint density at radius 3 is 2.67 bits per heavy atom. The van der Waals surface area contributed by atoms with E-state index in [4.69, 9.17) is 29.0 Å². The smallest absolute Gasteiger partial charge is 0.210 e. The summed E-state index contributed by atoms with van der Waals surface area (Å²) in [5, 5.41) is 4.04. The summed E-state index contributed by atoms with van der Waals surface area (Å²) in [5.74, 6) is 6.02. The highest BCUT2D eigenvalue weighted by molar-refractivity contribution is 7.58. The fraction of sp³-hybridized carbons (Fsp3) is 0.417. The quantitative estimate of drug-likeness (QED) is 0.334. The van der Waals surface area contributed by atoms with Crippen molar-refractivity contribution in [2.75, 3.05) is 5.32 Å². The number of aliphatic imine (C=N–C) groups is 1. The topological polar surface area (TPSA) is 87.2 Å². The van der Waals surface area contributed by atoms with Gasteiger partial charge in [0.15, 0.2) is 0 Å². The molecule has 1 fully saturated rings. The summed E-state index contributed by atoms with van der Waals surface area (Å²) < 4.78 is 8.40. The van der Waals surface area contributed by atoms with Crippen LogP contribution in [-0.2, 0) is 11.4 Å². The van der Waals surface area contributed by atoms with Crippen LogP contribution in [0.2, 0.25) is 10.0 Å². The number of hydrazine groups is 1. The molecular formula is C12H14Cl2N6S. The van der Waals surface area contributed by atoms with Gasteiger partial charge in [-0.15, -0.1) is 0 Å². The normalized spacial score (nSPS) is 17.8. The molecule has 0 saturated heterocycles. The number of anilines is 1. The lowest BCUT2D eigenvalue weighted by Gasteiger charge is -2.15. The monoisotopic (exact) mass is 344 g/mol. The molecule has 0 aromatic heterocycles. The van der Waals surface area contributed by atoms with E-state index in [9.17, 15) is 0 Å². The largest absolute Gasteiger partial charge is 0.322 e. The van der Waals surface area contributed by atoms with Crippen molar-refractivity contribution >= 4 is 57.6 Å². The Morgan fingerprint density at radius 1 is 1.24 bits per heavy atom. The number of nitrogens with zero attached hydrogens (tertiary/aromatic N) is 3. The highest BCUT2D eigenvalue weighted by Gasteiger charge is 2.20. The van der Waals surface area contributed by atoms with Crippen molar-refractivity contribution in [1.82, 2.24) is 5.43 Å². The van der Waals surface area contributed by atoms with E-state index in [1.807, 2.05) is 0 Å². The molecule has 0 atom stereocenters. The number of hydrogen-bond donors (Lipinski definition) is 3. The molecule has 3 rings (SSSR count). The maximum Gasteiger partial charge on any atom is 0.210 e. The molecule has 9 heteroatoms. The molecule has 1 aromatic rings. The van der Waals surface area contributed by atoms with Gasteiger partial charge in [-0.05, 0) is 18.9 Å². The average molecular weight is 345 g/mol. The Hall–Kier alpha value is -1.15. The molecular weight excluding hydrogens is 331 g/mol. The minimum atomic E-state index is 0.290. The van der Waals surface area contributed by atoms with Crippen LogP contribution in [0, 0.1) is 0 Å². The Labute approximate surface area is 136 Å². The number of nitrogens with one attached hydrogen (secondary N) is 2. The Kier molecular flexibility index (Phi) is 4.44. The van der Waals surface area contributed by atoms with Gasteiger partial charge in [-0.25, -0.2) is 10.8 Å². The number of benzene rings is 1. The molecule has 0 spiro atoms. The van der Waals surface area contributed by atoms with Crippen LogP contribution >= 0.6 is 23.2 Å². The third-order valence-electron chi connectivity index (χ3n) is 3.46. The number of guanidine groups is 1. The summed E-state index contributed by atoms with van der Waals surface area (Å²) in [6.45, 7) is 0. The van der Waals surface area contributed by atoms with Crippen molar-refractivity contribution < 1.29 is 0 Å². The summed E-state index contributed by atoms with van der Waals surface area (Å²) in [5.41, 5.74) is 4.42. The van der Waals surface area contributed by atoms with E-state index < -0.39 is 0 Å². The van der Waals surface area contributed by atoms with Gasteiger partial charge < -0.3 is 5.32 Å². The van der Waals surface area contributed by atoms with Crippen molar-refractivity contribution in [2.24, 2.45) is 19.6 Å². The first-order valence-electron chi connectivity index (χ1n) is 6.60. The number of rotatable bonds is 2. The van der Waals surface area contributed by atoms with Gasteiger partial charge in [0.1, 0.15) is 11.4 Å². The number of nitrogens with two attached hydrogens (primary N) is 1. The van der Waals surface area contributed by atoms with Crippen LogP contribution in [0.4, 0.5) is 17.1 Å². The van der Waals surface area contributed by atoms with Gasteiger partial charge in [0.25, 0.3) is 0 Å². The molecule has 4 N–H and O–H groups in total. The van der Waals surface area contributed by atoms with Gasteiger partial charge in [-0.3, -0.25) is 5.43 Å². The third kappa shape index (κ3) is 3.06. The Bertz CT molecular complexity index is 662. The summed E-state index contributed by atoms with van der Waals surface area (Å²) in [4.78, 5) is 4.58. The molecule has 21 heavy (non-hydrogen) atoms. The molecule has 0 radical (unpaired) electrons. The van der Waals surface area contributed by atoms with Gasteiger partial charge in [0.05, 0.1) is 33.1 Å². The van der Waals surface area contributed by atoms with Crippen LogP contribution in [-0.4, -0.2) is 12.0 Å². The van der Waals surface area contributed by atoms with Crippen LogP contribution in [0.5, 0.6) is 0 Å². The maximum atomic E-state index is 6.25. The third-order valence-corrected chi connectivity index (χ3v) is 4.57. The number of halogens is 2. The van der Waals surface area contributed by atoms with Crippen LogP contribution in [0.3, 0.4) is 0 Å². The molecule has 1 aliphatic heterocycles. The first-order valence-corrected chi connectivity index (χ1v) is 8.09. The van der Waals surface area contributed by atoms with E-state index in [2.05, 4.69) is 24.5 Å². The minimum absolute atomic E-state index is 0.290. The molecule has 112 valence electrons. The molecule has 1 saturated carbocycles. The van der Waals surface area contributed by atoms with Gasteiger partial charge in [-0.2, -0.15) is 8.73 Å². The van der Waals surface area contributed by atoms with E-state index >= 15 is 0 Å². The lowest BCUT2D eigenvalue weighted by Crippen LogP contribution is -2.37. The minimum Gasteiger partial charge on any atom is -0.322 e. The Morgan fingerprint density at radius 2 is 1.95 bits per heavy atom. The van der Waals surface area contributed by atoms with Crippen molar-refractivity contribution in [1.29, 1.82) is 0 Å². The van der Waals surface area contributed by atoms with E-state index in [-0.39, 0.29) is 0 Å². The second-order valence-corrected chi connectivity index (χ2v) is 6.20. The SMILES string of the molecule is NNC(=NC1CCCC1)Nc1c(Cl)cc(Cl)c2c1N=S=N2. The number of fused-ring (bicyclic) bond motifs is 1. The summed E-state index contributed by atoms with van der Waals surface area (Å²) in [6, 6.07) is 1.93. The molecule has 0 unspecified atom stereocenters. The molecule has 6 nitrogen and oxygen atoms in total. The van der Waals surface area contributed by atoms with E-state index in [1.165, 1.54) is 12.8 Å². The first-order chi connectivity index (χ1) is 10.2. The van der Waals surface area contributed by atoms with Crippen LogP contribution in [0.1, 0.15) is 25.7 Å². The molecule has 1 aliphatic carbocycles. The van der Waals surface area contributed by atoms with Crippen LogP contribution in [0.25, 0.3) is 0 Å². The van der Waals surface area contributed by atoms with Crippen molar-refractivity contribution in [2.45, 2.75) is 31.7 Å². The van der Waals surface area contributed by atoms with Crippen molar-refractivity contribution in [3.8, 4) is 0 Å². The zero-order valence-electron chi connectivity index (χ0n) is 11.1. The fourth-order valence-corrected chi connectivity index (χ4v) is 3.59. The molecule has 0 amide bonds. The predicted molar refractivity (Wildman–Crippen MR) is 88.6 cm³/mol. The van der Waals surface area contributed by atoms with E-state index in [0.717, 1.165) is 24.2 Å². The molecule has 1 heterocycles. The maximum absolute atomic E-state index is 6.25. The van der Waals surface area contributed by atoms with Crippen molar-refractivity contribution in [3.63, 3.8) is 0 Å². The zero-order chi connectivity index (χ0) is 14.8. The highest BCUT2D eigenvalue weighted by atomic mass is 35.5. The fourth-order valence-electron chi connectivity index (χ4n) is 2.43. The van der Waals surface area contributed by atoms with Crippen LogP contribution in [0.15, 0.2) is 19.8 Å². The zero-order valence-corrected chi connectivity index (χ0v) is 13.4. The second kappa shape index (κ2) is 6.31. The van der Waals surface area contributed by atoms with Gasteiger partial charge in [0.2, 0.25) is 5.96 Å². The van der Waals surface area contributed by atoms with Crippen LogP contribution < -0.4 is 16.6 Å². The van der Waals surface area contributed by atoms with E-state index in [0.29, 0.717) is 39.1 Å². The highest BCUT2D eigenvalue weighted by Crippen LogP contribution is 2.47. The number of hydrogen-bond acceptors (Lipinski definition) is 4. The van der Waals surface area contributed by atoms with Gasteiger partial charge >= 0.3 is 0 Å². The second-order valence-electron chi connectivity index (χ2n) is 4.86. The lowest BCUT2D eigenvalue weighted by atomic mass is 10.2. The van der Waals surface area contributed by atoms with Crippen molar-refractivity contribution in [3.05, 3.63) is 16.1 Å². The van der Waals surface area contributed by atoms with Gasteiger partial charge in [-0.1, -0.05) is 36.0 Å². The Balaban J connectivity index is 1.91. The molecule has 1 aromatic carbocycles. The molecule has 2 aliphatic rings. The standard InChI is InChI=1S/C12H14Cl2N6S/c13-7-5-8(14)10-11(20-21-19-10)9(7)17-12(18-15)16-6-3-1-2-4-6/h5-6H,1-4,15H2,(H2,16,17,18). The molecule has 0 bridgehead atoms. The summed E-state index contributed by atoms with van der Waals surface area (Å²) in [6.07, 6.45) is 4.56. The van der Waals surface area contributed by atoms with E-state index in [1.54, 1.807) is 6.07 Å². The average Bonchev–Trinajstić information content (AvgIpc) is 3.13. The predicted octanol–water partition coefficient (Wildman–Crippen LogP) is 3.89. The van der Waals surface area contributed by atoms with Gasteiger partial charge in [0, 0.05) is 0 Å². The summed E-state index contributed by atoms with van der Waals surface area (Å²) >= 11 is 13.4. The summed E-state index contributed by atoms with van der Waals surface area (Å²) in [7, 11) is 0. The lowest BCUT2D eigenvalue weighted by molar-refractivity contribution is 0.700.